The molecule has 1 aliphatic rings. The van der Waals surface area contributed by atoms with Crippen molar-refractivity contribution < 1.29 is 14.3 Å². The van der Waals surface area contributed by atoms with Crippen molar-refractivity contribution in [2.45, 2.75) is 18.9 Å². The number of nitrogens with zero attached hydrogens (tertiary/aromatic N) is 2. The lowest BCUT2D eigenvalue weighted by molar-refractivity contribution is -0.131. The van der Waals surface area contributed by atoms with Crippen LogP contribution in [0.1, 0.15) is 18.1 Å². The van der Waals surface area contributed by atoms with E-state index in [-0.39, 0.29) is 17.4 Å². The minimum Gasteiger partial charge on any atom is -0.378 e. The number of hydrogen-bond donors (Lipinski definition) is 2. The van der Waals surface area contributed by atoms with Gasteiger partial charge in [0.25, 0.3) is 5.91 Å². The predicted molar refractivity (Wildman–Crippen MR) is 97.7 cm³/mol. The molecule has 0 fully saturated rings. The van der Waals surface area contributed by atoms with Crippen LogP contribution in [-0.4, -0.2) is 29.7 Å². The highest BCUT2D eigenvalue weighted by Crippen LogP contribution is 2.31. The summed E-state index contributed by atoms with van der Waals surface area (Å²) in [6, 6.07) is 11.2. The second kappa shape index (κ2) is 6.94. The van der Waals surface area contributed by atoms with E-state index in [4.69, 9.17) is 16.9 Å². The molecule has 0 aromatic heterocycles. The number of β-amino-alcohol motifs (C(OH)–C–C–N with tert-alkyl or cyclic N) is 1. The normalized spacial score (nSPS) is 15.1. The van der Waals surface area contributed by atoms with Gasteiger partial charge in [0.15, 0.2) is 5.60 Å². The van der Waals surface area contributed by atoms with Gasteiger partial charge in [-0.05, 0) is 43.7 Å². The van der Waals surface area contributed by atoms with Crippen molar-refractivity contribution in [3.63, 3.8) is 0 Å². The van der Waals surface area contributed by atoms with Crippen LogP contribution in [0.15, 0.2) is 36.4 Å². The summed E-state index contributed by atoms with van der Waals surface area (Å²) in [5.74, 6) is -0.885. The lowest BCUT2D eigenvalue weighted by atomic mass is 10.0. The Morgan fingerprint density at radius 1 is 1.46 bits per heavy atom. The largest absolute Gasteiger partial charge is 0.378 e. The van der Waals surface area contributed by atoms with Crippen LogP contribution in [0.25, 0.3) is 0 Å². The second-order valence-electron chi connectivity index (χ2n) is 6.44. The molecular formula is C19H17ClFN3O2. The second-order valence-corrected chi connectivity index (χ2v) is 6.85. The topological polar surface area (TPSA) is 76.4 Å². The summed E-state index contributed by atoms with van der Waals surface area (Å²) in [4.78, 5) is 14.3. The van der Waals surface area contributed by atoms with Crippen LogP contribution in [0, 0.1) is 17.1 Å². The molecular weight excluding hydrogens is 357 g/mol. The smallest absolute Gasteiger partial charge is 0.257 e. The van der Waals surface area contributed by atoms with Gasteiger partial charge < -0.3 is 15.3 Å². The minimum atomic E-state index is -1.70. The molecule has 2 aromatic carbocycles. The molecule has 0 saturated carbocycles. The lowest BCUT2D eigenvalue weighted by Crippen LogP contribution is -2.49. The first-order valence-electron chi connectivity index (χ1n) is 8.07. The highest BCUT2D eigenvalue weighted by molar-refractivity contribution is 6.32. The van der Waals surface area contributed by atoms with Crippen LogP contribution in [-0.2, 0) is 11.2 Å². The Morgan fingerprint density at radius 3 is 2.92 bits per heavy atom. The van der Waals surface area contributed by atoms with Crippen molar-refractivity contribution in [1.29, 1.82) is 5.26 Å². The van der Waals surface area contributed by atoms with Crippen molar-refractivity contribution in [3.05, 3.63) is 58.4 Å². The number of carbonyl (C=O) groups is 1. The predicted octanol–water partition coefficient (Wildman–Crippen LogP) is 3.10. The molecule has 0 aliphatic carbocycles. The first kappa shape index (κ1) is 18.2. The molecule has 134 valence electrons. The number of benzene rings is 2. The molecule has 0 radical (unpaired) electrons. The molecule has 0 spiro atoms. The average molecular weight is 374 g/mol. The van der Waals surface area contributed by atoms with Gasteiger partial charge in [0.05, 0.1) is 17.1 Å². The third-order valence-electron chi connectivity index (χ3n) is 4.40. The fraction of sp³-hybridized carbons (Fsp3) is 0.263. The Kier molecular flexibility index (Phi) is 4.86. The number of amides is 1. The van der Waals surface area contributed by atoms with E-state index in [0.717, 1.165) is 0 Å². The molecule has 7 heteroatoms. The highest BCUT2D eigenvalue weighted by atomic mass is 35.5. The number of nitrogens with one attached hydrogen (secondary N) is 1. The Balaban J connectivity index is 1.73. The van der Waals surface area contributed by atoms with Crippen LogP contribution in [0.3, 0.4) is 0 Å². The molecule has 1 heterocycles. The zero-order valence-corrected chi connectivity index (χ0v) is 14.8. The van der Waals surface area contributed by atoms with Crippen LogP contribution in [0.4, 0.5) is 15.8 Å². The van der Waals surface area contributed by atoms with Crippen molar-refractivity contribution in [3.8, 4) is 6.07 Å². The maximum Gasteiger partial charge on any atom is 0.257 e. The van der Waals surface area contributed by atoms with Crippen LogP contribution >= 0.6 is 11.6 Å². The van der Waals surface area contributed by atoms with Crippen LogP contribution < -0.4 is 10.2 Å². The fourth-order valence-electron chi connectivity index (χ4n) is 3.02. The Hall–Kier alpha value is -2.62. The zero-order chi connectivity index (χ0) is 18.9. The average Bonchev–Trinajstić information content (AvgIpc) is 2.99. The molecule has 0 unspecified atom stereocenters. The van der Waals surface area contributed by atoms with E-state index in [1.807, 2.05) is 6.07 Å². The van der Waals surface area contributed by atoms with Gasteiger partial charge in [-0.1, -0.05) is 17.7 Å². The Morgan fingerprint density at radius 2 is 2.23 bits per heavy atom. The Labute approximate surface area is 155 Å². The number of nitriles is 1. The van der Waals surface area contributed by atoms with E-state index in [2.05, 4.69) is 5.32 Å². The molecule has 1 atom stereocenters. The summed E-state index contributed by atoms with van der Waals surface area (Å²) < 4.78 is 13.8. The number of hydrogen-bond acceptors (Lipinski definition) is 4. The van der Waals surface area contributed by atoms with Gasteiger partial charge in [-0.25, -0.2) is 4.39 Å². The third kappa shape index (κ3) is 3.50. The van der Waals surface area contributed by atoms with Gasteiger partial charge in [-0.2, -0.15) is 5.26 Å². The minimum absolute atomic E-state index is 0.0271. The molecule has 2 aromatic rings. The van der Waals surface area contributed by atoms with Crippen LogP contribution in [0.5, 0.6) is 0 Å². The molecule has 0 bridgehead atoms. The lowest BCUT2D eigenvalue weighted by Gasteiger charge is -2.29. The van der Waals surface area contributed by atoms with Crippen molar-refractivity contribution in [2.24, 2.45) is 0 Å². The van der Waals surface area contributed by atoms with Crippen LogP contribution in [0.2, 0.25) is 5.02 Å². The van der Waals surface area contributed by atoms with E-state index in [0.29, 0.717) is 35.5 Å². The van der Waals surface area contributed by atoms with E-state index >= 15 is 0 Å². The summed E-state index contributed by atoms with van der Waals surface area (Å²) in [6.45, 7) is 1.96. The van der Waals surface area contributed by atoms with Gasteiger partial charge in [0, 0.05) is 23.5 Å². The number of carbonyl (C=O) groups excluding carboxylic acids is 1. The van der Waals surface area contributed by atoms with Gasteiger partial charge >= 0.3 is 0 Å². The molecule has 0 saturated heterocycles. The van der Waals surface area contributed by atoms with E-state index in [1.54, 1.807) is 23.1 Å². The van der Waals surface area contributed by atoms with Crippen molar-refractivity contribution in [2.75, 3.05) is 23.3 Å². The molecule has 1 amide bonds. The molecule has 5 nitrogen and oxygen atoms in total. The molecule has 1 aliphatic heterocycles. The quantitative estimate of drug-likeness (QED) is 0.863. The van der Waals surface area contributed by atoms with Gasteiger partial charge in [-0.3, -0.25) is 4.79 Å². The van der Waals surface area contributed by atoms with Gasteiger partial charge in [0.2, 0.25) is 0 Å². The number of aliphatic hydroxyl groups is 1. The highest BCUT2D eigenvalue weighted by Gasteiger charge is 2.35. The van der Waals surface area contributed by atoms with E-state index in [1.165, 1.54) is 25.1 Å². The van der Waals surface area contributed by atoms with Crippen molar-refractivity contribution >= 4 is 28.9 Å². The first-order valence-corrected chi connectivity index (χ1v) is 8.45. The number of halogens is 2. The summed E-state index contributed by atoms with van der Waals surface area (Å²) in [7, 11) is 0. The number of fused-ring (bicyclic) bond motifs is 1. The molecule has 26 heavy (non-hydrogen) atoms. The fourth-order valence-corrected chi connectivity index (χ4v) is 3.24. The Bertz CT molecular complexity index is 908. The third-order valence-corrected chi connectivity index (χ3v) is 4.71. The summed E-state index contributed by atoms with van der Waals surface area (Å²) in [6.07, 6.45) is 0.533. The van der Waals surface area contributed by atoms with Gasteiger partial charge in [-0.15, -0.1) is 0 Å². The van der Waals surface area contributed by atoms with E-state index < -0.39 is 11.5 Å². The summed E-state index contributed by atoms with van der Waals surface area (Å²) >= 11 is 5.96. The SMILES string of the molecule is C[C@](O)(CN1CCc2c(F)cccc21)C(=O)Nc1ccc(C#N)c(Cl)c1. The van der Waals surface area contributed by atoms with Gasteiger partial charge in [0.1, 0.15) is 11.9 Å². The molecule has 3 rings (SSSR count). The first-order chi connectivity index (χ1) is 12.3. The standard InChI is InChI=1S/C19H17ClFN3O2/c1-19(26,11-24-8-7-14-16(21)3-2-4-17(14)24)18(25)23-13-6-5-12(10-22)15(20)9-13/h2-6,9,26H,7-8,11H2,1H3,(H,23,25)/t19-/m0/s1. The summed E-state index contributed by atoms with van der Waals surface area (Å²) in [5.41, 5.74) is 0.273. The monoisotopic (exact) mass is 373 g/mol. The summed E-state index contributed by atoms with van der Waals surface area (Å²) in [5, 5.41) is 22.3. The number of rotatable bonds is 4. The maximum absolute atomic E-state index is 13.8. The maximum atomic E-state index is 13.8. The van der Waals surface area contributed by atoms with E-state index in [9.17, 15) is 14.3 Å². The van der Waals surface area contributed by atoms with Crippen molar-refractivity contribution in [1.82, 2.24) is 0 Å². The molecule has 2 N–H and O–H groups in total. The number of anilines is 2. The zero-order valence-electron chi connectivity index (χ0n) is 14.1.